The number of nitrogens with zero attached hydrogens (tertiary/aromatic N) is 1. The van der Waals surface area contributed by atoms with Crippen LogP contribution in [-0.2, 0) is 6.54 Å². The third kappa shape index (κ3) is 4.25. The highest BCUT2D eigenvalue weighted by Gasteiger charge is 2.28. The largest absolute Gasteiger partial charge is 0.384 e. The average molecular weight is 468 g/mol. The minimum atomic E-state index is -0.656. The average Bonchev–Trinajstić information content (AvgIpc) is 3.18. The zero-order chi connectivity index (χ0) is 24.5. The van der Waals surface area contributed by atoms with Crippen LogP contribution in [0.25, 0.3) is 21.7 Å². The van der Waals surface area contributed by atoms with Crippen LogP contribution in [0, 0.1) is 5.41 Å². The lowest BCUT2D eigenvalue weighted by Gasteiger charge is -2.23. The summed E-state index contributed by atoms with van der Waals surface area (Å²) in [6.45, 7) is 0.361. The van der Waals surface area contributed by atoms with Gasteiger partial charge in [-0.1, -0.05) is 73.9 Å². The topological polar surface area (TPSA) is 127 Å². The van der Waals surface area contributed by atoms with E-state index in [9.17, 15) is 9.59 Å². The molecule has 3 aromatic carbocycles. The second kappa shape index (κ2) is 9.25. The standard InChI is InChI=1S/C28H29N5O2/c29-26(30)18-13-14-22-23(15-18)33(16-19-9-6-8-17-7-4-5-12-21(17)19)25(24(22)27(31)34)28(35)32-20-10-2-1-3-11-20/h4-9,12-15,20H,1-3,10-11,16H2,(H3,29,30)(H2,31,34)(H,32,35). The smallest absolute Gasteiger partial charge is 0.269 e. The van der Waals surface area contributed by atoms with Gasteiger partial charge >= 0.3 is 0 Å². The number of nitrogen functional groups attached to an aromatic ring is 1. The number of fused-ring (bicyclic) bond motifs is 2. The van der Waals surface area contributed by atoms with Crippen molar-refractivity contribution in [1.82, 2.24) is 9.88 Å². The van der Waals surface area contributed by atoms with Gasteiger partial charge in [0.1, 0.15) is 11.5 Å². The Morgan fingerprint density at radius 3 is 2.43 bits per heavy atom. The molecular weight excluding hydrogens is 438 g/mol. The lowest BCUT2D eigenvalue weighted by Crippen LogP contribution is -2.38. The van der Waals surface area contributed by atoms with Gasteiger partial charge in [0.15, 0.2) is 0 Å². The van der Waals surface area contributed by atoms with Crippen LogP contribution in [0.4, 0.5) is 0 Å². The number of aromatic nitrogens is 1. The number of rotatable bonds is 6. The second-order valence-electron chi connectivity index (χ2n) is 9.27. The van der Waals surface area contributed by atoms with Crippen molar-refractivity contribution in [2.75, 3.05) is 0 Å². The lowest BCUT2D eigenvalue weighted by atomic mass is 9.95. The molecule has 1 fully saturated rings. The molecule has 1 heterocycles. The van der Waals surface area contributed by atoms with Crippen molar-refractivity contribution in [3.8, 4) is 0 Å². The predicted molar refractivity (Wildman–Crippen MR) is 139 cm³/mol. The first-order valence-corrected chi connectivity index (χ1v) is 12.0. The first kappa shape index (κ1) is 22.7. The molecule has 4 aromatic rings. The van der Waals surface area contributed by atoms with Crippen LogP contribution in [0.3, 0.4) is 0 Å². The molecule has 0 bridgehead atoms. The molecule has 1 saturated carbocycles. The monoisotopic (exact) mass is 467 g/mol. The maximum atomic E-state index is 13.7. The minimum Gasteiger partial charge on any atom is -0.384 e. The highest BCUT2D eigenvalue weighted by molar-refractivity contribution is 6.16. The molecule has 1 aliphatic rings. The van der Waals surface area contributed by atoms with Gasteiger partial charge in [0.25, 0.3) is 11.8 Å². The fraction of sp³-hybridized carbons (Fsp3) is 0.250. The maximum Gasteiger partial charge on any atom is 0.269 e. The number of carbonyl (C=O) groups is 2. The van der Waals surface area contributed by atoms with Crippen LogP contribution in [0.2, 0.25) is 0 Å². The van der Waals surface area contributed by atoms with E-state index in [1.807, 2.05) is 47.0 Å². The van der Waals surface area contributed by atoms with Crippen molar-refractivity contribution >= 4 is 39.3 Å². The van der Waals surface area contributed by atoms with Crippen LogP contribution in [0.1, 0.15) is 64.1 Å². The number of amidine groups is 1. The summed E-state index contributed by atoms with van der Waals surface area (Å²) < 4.78 is 1.85. The molecular formula is C28H29N5O2. The molecule has 1 aliphatic carbocycles. The summed E-state index contributed by atoms with van der Waals surface area (Å²) >= 11 is 0. The molecule has 0 atom stereocenters. The quantitative estimate of drug-likeness (QED) is 0.249. The Kier molecular flexibility index (Phi) is 5.99. The SMILES string of the molecule is N=C(N)c1ccc2c(C(N)=O)c(C(=O)NC3CCCCC3)n(Cc3cccc4ccccc34)c2c1. The zero-order valence-electron chi connectivity index (χ0n) is 19.5. The third-order valence-corrected chi connectivity index (χ3v) is 6.99. The normalized spacial score (nSPS) is 14.3. The summed E-state index contributed by atoms with van der Waals surface area (Å²) in [6, 6.07) is 19.4. The van der Waals surface area contributed by atoms with Gasteiger partial charge in [0.05, 0.1) is 11.1 Å². The summed E-state index contributed by atoms with van der Waals surface area (Å²) in [7, 11) is 0. The molecule has 6 N–H and O–H groups in total. The summed E-state index contributed by atoms with van der Waals surface area (Å²) in [4.78, 5) is 26.4. The molecule has 7 nitrogen and oxygen atoms in total. The van der Waals surface area contributed by atoms with E-state index in [2.05, 4.69) is 5.32 Å². The van der Waals surface area contributed by atoms with Crippen LogP contribution >= 0.6 is 0 Å². The van der Waals surface area contributed by atoms with E-state index in [0.717, 1.165) is 42.0 Å². The number of carbonyl (C=O) groups excluding carboxylic acids is 2. The summed E-state index contributed by atoms with van der Waals surface area (Å²) in [5, 5.41) is 13.8. The predicted octanol–water partition coefficient (Wildman–Crippen LogP) is 4.29. The van der Waals surface area contributed by atoms with E-state index in [1.54, 1.807) is 18.2 Å². The minimum absolute atomic E-state index is 0.0776. The fourth-order valence-corrected chi connectivity index (χ4v) is 5.27. The van der Waals surface area contributed by atoms with E-state index < -0.39 is 5.91 Å². The molecule has 0 unspecified atom stereocenters. The molecule has 1 aromatic heterocycles. The van der Waals surface area contributed by atoms with Gasteiger partial charge in [0, 0.05) is 23.5 Å². The summed E-state index contributed by atoms with van der Waals surface area (Å²) in [5.74, 6) is -1.04. The number of nitrogens with two attached hydrogens (primary N) is 2. The molecule has 0 saturated heterocycles. The molecule has 0 spiro atoms. The number of primary amides is 1. The third-order valence-electron chi connectivity index (χ3n) is 6.99. The Bertz CT molecular complexity index is 1460. The van der Waals surface area contributed by atoms with E-state index in [0.29, 0.717) is 23.0 Å². The van der Waals surface area contributed by atoms with Crippen LogP contribution in [-0.4, -0.2) is 28.3 Å². The lowest BCUT2D eigenvalue weighted by molar-refractivity contribution is 0.0906. The summed E-state index contributed by atoms with van der Waals surface area (Å²) in [6.07, 6.45) is 5.18. The number of benzene rings is 3. The molecule has 35 heavy (non-hydrogen) atoms. The van der Waals surface area contributed by atoms with Crippen molar-refractivity contribution < 1.29 is 9.59 Å². The maximum absolute atomic E-state index is 13.7. The number of hydrogen-bond acceptors (Lipinski definition) is 3. The molecule has 0 aliphatic heterocycles. The molecule has 7 heteroatoms. The Hall–Kier alpha value is -4.13. The zero-order valence-corrected chi connectivity index (χ0v) is 19.5. The number of amides is 2. The highest BCUT2D eigenvalue weighted by Crippen LogP contribution is 2.30. The van der Waals surface area contributed by atoms with Crippen LogP contribution < -0.4 is 16.8 Å². The fourth-order valence-electron chi connectivity index (χ4n) is 5.27. The van der Waals surface area contributed by atoms with Gasteiger partial charge in [-0.15, -0.1) is 0 Å². The van der Waals surface area contributed by atoms with Crippen LogP contribution in [0.15, 0.2) is 60.7 Å². The van der Waals surface area contributed by atoms with Gasteiger partial charge in [-0.2, -0.15) is 0 Å². The van der Waals surface area contributed by atoms with E-state index in [4.69, 9.17) is 16.9 Å². The van der Waals surface area contributed by atoms with E-state index in [1.165, 1.54) is 6.42 Å². The van der Waals surface area contributed by atoms with Crippen molar-refractivity contribution in [2.24, 2.45) is 11.5 Å². The van der Waals surface area contributed by atoms with Gasteiger partial charge in [-0.3, -0.25) is 15.0 Å². The second-order valence-corrected chi connectivity index (χ2v) is 9.27. The molecule has 0 radical (unpaired) electrons. The Morgan fingerprint density at radius 1 is 0.943 bits per heavy atom. The highest BCUT2D eigenvalue weighted by atomic mass is 16.2. The van der Waals surface area contributed by atoms with Gasteiger partial charge in [0.2, 0.25) is 0 Å². The molecule has 178 valence electrons. The van der Waals surface area contributed by atoms with E-state index in [-0.39, 0.29) is 29.0 Å². The van der Waals surface area contributed by atoms with Crippen molar-refractivity contribution in [1.29, 1.82) is 5.41 Å². The van der Waals surface area contributed by atoms with Gasteiger partial charge in [-0.25, -0.2) is 0 Å². The first-order chi connectivity index (χ1) is 16.9. The van der Waals surface area contributed by atoms with Crippen molar-refractivity contribution in [3.63, 3.8) is 0 Å². The van der Waals surface area contributed by atoms with Crippen molar-refractivity contribution in [2.45, 2.75) is 44.7 Å². The van der Waals surface area contributed by atoms with Gasteiger partial charge in [-0.05, 0) is 35.2 Å². The Balaban J connectivity index is 1.71. The van der Waals surface area contributed by atoms with E-state index >= 15 is 0 Å². The molecule has 2 amide bonds. The Labute approximate surface area is 203 Å². The number of nitrogens with one attached hydrogen (secondary N) is 2. The molecule has 5 rings (SSSR count). The van der Waals surface area contributed by atoms with Crippen molar-refractivity contribution in [3.05, 3.63) is 83.0 Å². The van der Waals surface area contributed by atoms with Gasteiger partial charge < -0.3 is 21.4 Å². The Morgan fingerprint density at radius 2 is 1.69 bits per heavy atom. The van der Waals surface area contributed by atoms with Crippen LogP contribution in [0.5, 0.6) is 0 Å². The number of hydrogen-bond donors (Lipinski definition) is 4. The first-order valence-electron chi connectivity index (χ1n) is 12.0. The summed E-state index contributed by atoms with van der Waals surface area (Å²) in [5.41, 5.74) is 14.2.